The molecule has 1 heterocycles. The Kier molecular flexibility index (Phi) is 7.24. The standard InChI is InChI=1S/C15H27N3S/c1-6-14(16-7-2)15-9-8-13(10-17-15)18(4)12(3)11-19-5/h8-10,12,14,16H,6-7,11H2,1-5H3. The highest BCUT2D eigenvalue weighted by molar-refractivity contribution is 7.98. The van der Waals surface area contributed by atoms with Gasteiger partial charge in [-0.2, -0.15) is 11.8 Å². The zero-order chi connectivity index (χ0) is 14.3. The molecule has 1 N–H and O–H groups in total. The topological polar surface area (TPSA) is 28.2 Å². The quantitative estimate of drug-likeness (QED) is 0.791. The lowest BCUT2D eigenvalue weighted by Crippen LogP contribution is -2.31. The van der Waals surface area contributed by atoms with Gasteiger partial charge in [-0.25, -0.2) is 0 Å². The summed E-state index contributed by atoms with van der Waals surface area (Å²) in [6, 6.07) is 5.22. The van der Waals surface area contributed by atoms with Gasteiger partial charge in [0.1, 0.15) is 0 Å². The summed E-state index contributed by atoms with van der Waals surface area (Å²) in [5.41, 5.74) is 2.33. The van der Waals surface area contributed by atoms with Crippen LogP contribution in [0.3, 0.4) is 0 Å². The van der Waals surface area contributed by atoms with Crippen LogP contribution in [0.25, 0.3) is 0 Å². The van der Waals surface area contributed by atoms with Crippen LogP contribution in [0.1, 0.15) is 38.9 Å². The van der Waals surface area contributed by atoms with Crippen molar-refractivity contribution >= 4 is 17.4 Å². The van der Waals surface area contributed by atoms with E-state index in [-0.39, 0.29) is 0 Å². The van der Waals surface area contributed by atoms with Crippen LogP contribution in [0.5, 0.6) is 0 Å². The molecule has 1 aromatic rings. The molecule has 2 atom stereocenters. The van der Waals surface area contributed by atoms with Crippen LogP contribution < -0.4 is 10.2 Å². The van der Waals surface area contributed by atoms with Crippen LogP contribution in [0.4, 0.5) is 5.69 Å². The van der Waals surface area contributed by atoms with Crippen LogP contribution >= 0.6 is 11.8 Å². The predicted octanol–water partition coefficient (Wildman–Crippen LogP) is 3.33. The minimum absolute atomic E-state index is 0.368. The van der Waals surface area contributed by atoms with Crippen LogP contribution in [-0.2, 0) is 0 Å². The van der Waals surface area contributed by atoms with Crippen molar-refractivity contribution in [1.82, 2.24) is 10.3 Å². The van der Waals surface area contributed by atoms with Gasteiger partial charge in [0, 0.05) is 24.9 Å². The van der Waals surface area contributed by atoms with E-state index in [1.807, 2.05) is 18.0 Å². The zero-order valence-electron chi connectivity index (χ0n) is 12.8. The largest absolute Gasteiger partial charge is 0.370 e. The normalized spacial score (nSPS) is 14.2. The molecule has 0 amide bonds. The molecule has 0 saturated carbocycles. The van der Waals surface area contributed by atoms with E-state index in [1.165, 1.54) is 5.69 Å². The van der Waals surface area contributed by atoms with Gasteiger partial charge in [0.05, 0.1) is 17.6 Å². The van der Waals surface area contributed by atoms with Crippen molar-refractivity contribution in [2.24, 2.45) is 0 Å². The molecular formula is C15H27N3S. The van der Waals surface area contributed by atoms with Crippen LogP contribution in [0.2, 0.25) is 0 Å². The molecule has 1 aromatic heterocycles. The summed E-state index contributed by atoms with van der Waals surface area (Å²) < 4.78 is 0. The monoisotopic (exact) mass is 281 g/mol. The summed E-state index contributed by atoms with van der Waals surface area (Å²) in [4.78, 5) is 6.91. The number of nitrogens with zero attached hydrogens (tertiary/aromatic N) is 2. The minimum atomic E-state index is 0.368. The second kappa shape index (κ2) is 8.43. The van der Waals surface area contributed by atoms with E-state index in [1.54, 1.807) is 0 Å². The maximum Gasteiger partial charge on any atom is 0.0574 e. The first-order valence-corrected chi connectivity index (χ1v) is 8.44. The van der Waals surface area contributed by atoms with Crippen molar-refractivity contribution in [3.8, 4) is 0 Å². The van der Waals surface area contributed by atoms with Gasteiger partial charge in [-0.05, 0) is 38.3 Å². The number of nitrogens with one attached hydrogen (secondary N) is 1. The van der Waals surface area contributed by atoms with E-state index in [9.17, 15) is 0 Å². The molecule has 1 rings (SSSR count). The fourth-order valence-electron chi connectivity index (χ4n) is 2.12. The Morgan fingerprint density at radius 1 is 1.37 bits per heavy atom. The Hall–Kier alpha value is -0.740. The molecule has 19 heavy (non-hydrogen) atoms. The van der Waals surface area contributed by atoms with E-state index in [0.29, 0.717) is 12.1 Å². The Morgan fingerprint density at radius 2 is 2.11 bits per heavy atom. The van der Waals surface area contributed by atoms with E-state index in [4.69, 9.17) is 0 Å². The summed E-state index contributed by atoms with van der Waals surface area (Å²) in [6.45, 7) is 7.55. The van der Waals surface area contributed by atoms with E-state index in [2.05, 4.69) is 61.4 Å². The van der Waals surface area contributed by atoms with Gasteiger partial charge in [-0.3, -0.25) is 4.98 Å². The number of hydrogen-bond donors (Lipinski definition) is 1. The molecule has 0 bridgehead atoms. The number of anilines is 1. The number of hydrogen-bond acceptors (Lipinski definition) is 4. The highest BCUT2D eigenvalue weighted by Gasteiger charge is 2.12. The second-order valence-corrected chi connectivity index (χ2v) is 5.79. The predicted molar refractivity (Wildman–Crippen MR) is 87.2 cm³/mol. The van der Waals surface area contributed by atoms with Crippen molar-refractivity contribution < 1.29 is 0 Å². The number of thioether (sulfide) groups is 1. The molecule has 0 aliphatic rings. The highest BCUT2D eigenvalue weighted by atomic mass is 32.2. The molecule has 0 aliphatic heterocycles. The molecule has 0 aliphatic carbocycles. The molecule has 0 fully saturated rings. The molecular weight excluding hydrogens is 254 g/mol. The SMILES string of the molecule is CCNC(CC)c1ccc(N(C)C(C)CSC)cn1. The van der Waals surface area contributed by atoms with Gasteiger partial charge in [0.15, 0.2) is 0 Å². The van der Waals surface area contributed by atoms with Crippen molar-refractivity contribution in [1.29, 1.82) is 0 Å². The molecule has 0 spiro atoms. The summed E-state index contributed by atoms with van der Waals surface area (Å²) in [6.07, 6.45) is 5.21. The average Bonchev–Trinajstić information content (AvgIpc) is 2.44. The van der Waals surface area contributed by atoms with E-state index in [0.717, 1.165) is 24.4 Å². The maximum absolute atomic E-state index is 4.62. The van der Waals surface area contributed by atoms with Crippen molar-refractivity contribution in [3.63, 3.8) is 0 Å². The van der Waals surface area contributed by atoms with E-state index < -0.39 is 0 Å². The van der Waals surface area contributed by atoms with Crippen LogP contribution in [0, 0.1) is 0 Å². The lowest BCUT2D eigenvalue weighted by Gasteiger charge is -2.26. The average molecular weight is 281 g/mol. The third kappa shape index (κ3) is 4.69. The first-order chi connectivity index (χ1) is 9.13. The van der Waals surface area contributed by atoms with Crippen molar-refractivity contribution in [3.05, 3.63) is 24.0 Å². The highest BCUT2D eigenvalue weighted by Crippen LogP contribution is 2.19. The van der Waals surface area contributed by atoms with E-state index >= 15 is 0 Å². The Balaban J connectivity index is 2.74. The fraction of sp³-hybridized carbons (Fsp3) is 0.667. The zero-order valence-corrected chi connectivity index (χ0v) is 13.6. The van der Waals surface area contributed by atoms with Gasteiger partial charge in [-0.1, -0.05) is 13.8 Å². The molecule has 108 valence electrons. The smallest absolute Gasteiger partial charge is 0.0574 e. The fourth-order valence-corrected chi connectivity index (χ4v) is 2.83. The third-order valence-corrected chi connectivity index (χ3v) is 4.28. The lowest BCUT2D eigenvalue weighted by atomic mass is 10.1. The Bertz CT molecular complexity index is 353. The van der Waals surface area contributed by atoms with Crippen LogP contribution in [-0.4, -0.2) is 36.6 Å². The third-order valence-electron chi connectivity index (χ3n) is 3.46. The summed E-state index contributed by atoms with van der Waals surface area (Å²) in [5, 5.41) is 3.46. The molecule has 0 saturated heterocycles. The summed E-state index contributed by atoms with van der Waals surface area (Å²) in [7, 11) is 2.14. The van der Waals surface area contributed by atoms with Crippen molar-refractivity contribution in [2.75, 3.05) is 30.5 Å². The number of aromatic nitrogens is 1. The molecule has 2 unspecified atom stereocenters. The maximum atomic E-state index is 4.62. The van der Waals surface area contributed by atoms with Gasteiger partial charge in [0.25, 0.3) is 0 Å². The number of pyridine rings is 1. The molecule has 4 heteroatoms. The Morgan fingerprint density at radius 3 is 2.58 bits per heavy atom. The van der Waals surface area contributed by atoms with Gasteiger partial charge < -0.3 is 10.2 Å². The van der Waals surface area contributed by atoms with Gasteiger partial charge in [0.2, 0.25) is 0 Å². The van der Waals surface area contributed by atoms with Gasteiger partial charge >= 0.3 is 0 Å². The number of rotatable bonds is 8. The van der Waals surface area contributed by atoms with Crippen molar-refractivity contribution in [2.45, 2.75) is 39.3 Å². The lowest BCUT2D eigenvalue weighted by molar-refractivity contribution is 0.524. The molecule has 3 nitrogen and oxygen atoms in total. The first kappa shape index (κ1) is 16.3. The van der Waals surface area contributed by atoms with Crippen LogP contribution in [0.15, 0.2) is 18.3 Å². The summed E-state index contributed by atoms with van der Waals surface area (Å²) in [5.74, 6) is 1.13. The van der Waals surface area contributed by atoms with Gasteiger partial charge in [-0.15, -0.1) is 0 Å². The minimum Gasteiger partial charge on any atom is -0.370 e. The summed E-state index contributed by atoms with van der Waals surface area (Å²) >= 11 is 1.88. The molecule has 0 radical (unpaired) electrons. The Labute approximate surface area is 122 Å². The first-order valence-electron chi connectivity index (χ1n) is 7.05. The molecule has 0 aromatic carbocycles. The second-order valence-electron chi connectivity index (χ2n) is 4.88.